The van der Waals surface area contributed by atoms with Crippen LogP contribution in [-0.2, 0) is 30.3 Å². The molecule has 4 aromatic rings. The molecule has 12 nitrogen and oxygen atoms in total. The number of rotatable bonds is 20. The molecule has 0 fully saturated rings. The number of nitrogens with zero attached hydrogens (tertiary/aromatic N) is 2. The normalized spacial score (nSPS) is 14.1. The summed E-state index contributed by atoms with van der Waals surface area (Å²) in [6.45, 7) is -2.72. The van der Waals surface area contributed by atoms with Crippen LogP contribution < -0.4 is 16.1 Å². The molecule has 0 aliphatic carbocycles. The second-order valence-electron chi connectivity index (χ2n) is 12.4. The molecule has 0 spiro atoms. The second-order valence-corrected chi connectivity index (χ2v) is 13.7. The molecule has 2 amide bonds. The smallest absolute Gasteiger partial charge is 0.394 e. The SMILES string of the molecule is O=C(CCc1ccc2n1[B-](F)(F)[N+]1=C(c3ccc[nH]3)C=CC1=C2)NCCOCCOCCOCCONC(=O)c1ccc(F)c(F)c1Nc1ccc(I)cc1F. The van der Waals surface area contributed by atoms with Crippen molar-refractivity contribution in [2.45, 2.75) is 12.8 Å². The van der Waals surface area contributed by atoms with Crippen molar-refractivity contribution in [2.24, 2.45) is 0 Å². The van der Waals surface area contributed by atoms with Crippen molar-refractivity contribution in [3.63, 3.8) is 0 Å². The fourth-order valence-electron chi connectivity index (χ4n) is 6.11. The maximum Gasteiger partial charge on any atom is 0.737 e. The zero-order valence-electron chi connectivity index (χ0n) is 29.8. The third-order valence-electron chi connectivity index (χ3n) is 8.72. The van der Waals surface area contributed by atoms with Gasteiger partial charge in [-0.2, -0.15) is 0 Å². The highest BCUT2D eigenvalue weighted by molar-refractivity contribution is 14.1. The Morgan fingerprint density at radius 3 is 2.36 bits per heavy atom. The summed E-state index contributed by atoms with van der Waals surface area (Å²) in [7, 11) is 0. The molecule has 2 aromatic carbocycles. The quantitative estimate of drug-likeness (QED) is 0.0295. The molecule has 4 N–H and O–H groups in total. The number of benzene rings is 2. The summed E-state index contributed by atoms with van der Waals surface area (Å²) in [5.41, 5.74) is 3.26. The summed E-state index contributed by atoms with van der Waals surface area (Å²) < 4.78 is 93.6. The van der Waals surface area contributed by atoms with Gasteiger partial charge < -0.3 is 47.4 Å². The molecule has 4 heterocycles. The van der Waals surface area contributed by atoms with Gasteiger partial charge in [0, 0.05) is 46.7 Å². The van der Waals surface area contributed by atoms with Gasteiger partial charge in [0.05, 0.1) is 63.2 Å². The number of aromatic nitrogens is 2. The fourth-order valence-corrected chi connectivity index (χ4v) is 6.56. The summed E-state index contributed by atoms with van der Waals surface area (Å²) in [6, 6.07) is 12.7. The molecule has 0 radical (unpaired) electrons. The Morgan fingerprint density at radius 2 is 1.62 bits per heavy atom. The number of hydrogen-bond donors (Lipinski definition) is 4. The van der Waals surface area contributed by atoms with Crippen molar-refractivity contribution in [3.05, 3.63) is 122 Å². The van der Waals surface area contributed by atoms with E-state index in [9.17, 15) is 22.8 Å². The van der Waals surface area contributed by atoms with E-state index in [2.05, 4.69) is 21.1 Å². The van der Waals surface area contributed by atoms with Gasteiger partial charge in [0.2, 0.25) is 5.91 Å². The highest BCUT2D eigenvalue weighted by atomic mass is 127. The largest absolute Gasteiger partial charge is 0.737 e. The van der Waals surface area contributed by atoms with E-state index >= 15 is 8.63 Å². The minimum atomic E-state index is -4.18. The third kappa shape index (κ3) is 9.75. The van der Waals surface area contributed by atoms with Gasteiger partial charge in [-0.25, -0.2) is 18.7 Å². The van der Waals surface area contributed by atoms with Crippen LogP contribution >= 0.6 is 22.6 Å². The average Bonchev–Trinajstić information content (AvgIpc) is 3.95. The van der Waals surface area contributed by atoms with E-state index in [-0.39, 0.29) is 82.8 Å². The van der Waals surface area contributed by atoms with Gasteiger partial charge in [0.15, 0.2) is 23.0 Å². The predicted octanol–water partition coefficient (Wildman–Crippen LogP) is 5.69. The number of hydrogen-bond acceptors (Lipinski definition) is 7. The molecule has 0 saturated carbocycles. The van der Waals surface area contributed by atoms with Crippen LogP contribution in [0.1, 0.15) is 33.9 Å². The molecule has 2 aliphatic heterocycles. The number of ether oxygens (including phenoxy) is 3. The van der Waals surface area contributed by atoms with Crippen molar-refractivity contribution in [2.75, 3.05) is 58.1 Å². The highest BCUT2D eigenvalue weighted by Crippen LogP contribution is 2.34. The number of allylic oxidation sites excluding steroid dienone is 2. The molecule has 0 saturated heterocycles. The monoisotopic (exact) mass is 894 g/mol. The molecule has 0 unspecified atom stereocenters. The molecule has 296 valence electrons. The molecule has 0 bridgehead atoms. The van der Waals surface area contributed by atoms with Crippen LogP contribution in [0.4, 0.5) is 33.2 Å². The predicted molar refractivity (Wildman–Crippen MR) is 206 cm³/mol. The summed E-state index contributed by atoms with van der Waals surface area (Å²) in [5, 5.41) is 5.18. The first kappa shape index (κ1) is 40.8. The Labute approximate surface area is 331 Å². The van der Waals surface area contributed by atoms with E-state index in [1.807, 2.05) is 22.6 Å². The van der Waals surface area contributed by atoms with Crippen LogP contribution in [0.5, 0.6) is 0 Å². The van der Waals surface area contributed by atoms with E-state index in [0.29, 0.717) is 32.1 Å². The summed E-state index contributed by atoms with van der Waals surface area (Å²) in [6.07, 6.45) is 6.89. The maximum absolute atomic E-state index is 15.9. The van der Waals surface area contributed by atoms with Crippen molar-refractivity contribution in [1.82, 2.24) is 20.3 Å². The standard InChI is InChI=1S/C37H37BF5IN6O6/c39-29-9-8-28(36(35(29)41)47-31-10-3-24(44)22-30(31)40)37(52)48-56-21-20-55-19-18-54-17-16-53-15-14-46-34(51)12-7-25-4-5-26-23-27-6-11-33(32-2-1-13-45-32)50(27)38(42,43)49(25)26/h1-6,8-11,13,22-23,45,47H,7,12,14-21H2,(H,46,51)(H,48,52). The van der Waals surface area contributed by atoms with Gasteiger partial charge in [0.1, 0.15) is 11.5 Å². The van der Waals surface area contributed by atoms with Crippen LogP contribution in [-0.4, -0.2) is 91.2 Å². The van der Waals surface area contributed by atoms with Gasteiger partial charge in [-0.1, -0.05) is 0 Å². The molecule has 6 rings (SSSR count). The Hall–Kier alpha value is -4.83. The van der Waals surface area contributed by atoms with E-state index in [1.165, 1.54) is 12.1 Å². The van der Waals surface area contributed by atoms with Crippen molar-refractivity contribution >= 4 is 64.5 Å². The zero-order valence-corrected chi connectivity index (χ0v) is 31.9. The number of nitrogens with one attached hydrogen (secondary N) is 4. The number of H-pyrrole nitrogens is 1. The summed E-state index contributed by atoms with van der Waals surface area (Å²) in [5.74, 6) is -4.46. The first-order valence-corrected chi connectivity index (χ1v) is 18.7. The first-order valence-electron chi connectivity index (χ1n) is 17.6. The number of hydroxylamine groups is 1. The van der Waals surface area contributed by atoms with Crippen LogP contribution in [0.15, 0.2) is 78.6 Å². The van der Waals surface area contributed by atoms with Crippen molar-refractivity contribution < 1.29 is 54.9 Å². The summed E-state index contributed by atoms with van der Waals surface area (Å²) >= 11 is 1.90. The molecular formula is C37H37BF5IN6O6. The Balaban J connectivity index is 0.802. The number of halogens is 6. The van der Waals surface area contributed by atoms with Crippen LogP contribution in [0.25, 0.3) is 6.08 Å². The van der Waals surface area contributed by atoms with Crippen LogP contribution in [0, 0.1) is 21.0 Å². The molecule has 2 aromatic heterocycles. The van der Waals surface area contributed by atoms with Crippen LogP contribution in [0.3, 0.4) is 0 Å². The van der Waals surface area contributed by atoms with Gasteiger partial charge >= 0.3 is 6.97 Å². The second kappa shape index (κ2) is 18.9. The zero-order chi connectivity index (χ0) is 39.7. The number of anilines is 2. The van der Waals surface area contributed by atoms with E-state index in [0.717, 1.165) is 21.1 Å². The Bertz CT molecular complexity index is 2150. The lowest BCUT2D eigenvalue weighted by Gasteiger charge is -2.30. The fraction of sp³-hybridized carbons (Fsp3) is 0.270. The number of fused-ring (bicyclic) bond motifs is 2. The maximum atomic E-state index is 15.9. The molecule has 0 atom stereocenters. The minimum absolute atomic E-state index is 0.0292. The minimum Gasteiger partial charge on any atom is -0.394 e. The Morgan fingerprint density at radius 1 is 0.875 bits per heavy atom. The molecular weight excluding hydrogens is 857 g/mol. The number of carbonyl (C=O) groups is 2. The van der Waals surface area contributed by atoms with Gasteiger partial charge in [-0.15, -0.1) is 0 Å². The number of aryl methyl sites for hydroxylation is 1. The van der Waals surface area contributed by atoms with Crippen LogP contribution in [0.2, 0.25) is 0 Å². The number of carbonyl (C=O) groups excluding carboxylic acids is 2. The summed E-state index contributed by atoms with van der Waals surface area (Å²) in [4.78, 5) is 33.2. The number of amides is 2. The lowest BCUT2D eigenvalue weighted by atomic mass is 9.90. The van der Waals surface area contributed by atoms with Crippen molar-refractivity contribution in [1.29, 1.82) is 0 Å². The molecule has 56 heavy (non-hydrogen) atoms. The van der Waals surface area contributed by atoms with Crippen molar-refractivity contribution in [3.8, 4) is 0 Å². The first-order chi connectivity index (χ1) is 27.0. The van der Waals surface area contributed by atoms with E-state index in [1.54, 1.807) is 54.8 Å². The van der Waals surface area contributed by atoms with Gasteiger partial charge in [0.25, 0.3) is 5.91 Å². The lowest BCUT2D eigenvalue weighted by Crippen LogP contribution is -2.51. The molecule has 2 aliphatic rings. The molecule has 19 heteroatoms. The third-order valence-corrected chi connectivity index (χ3v) is 9.39. The van der Waals surface area contributed by atoms with Gasteiger partial charge in [-0.3, -0.25) is 14.4 Å². The Kier molecular flexibility index (Phi) is 13.8. The highest BCUT2D eigenvalue weighted by Gasteiger charge is 2.52. The average molecular weight is 894 g/mol. The van der Waals surface area contributed by atoms with Gasteiger partial charge in [-0.05, 0) is 89.3 Å². The lowest BCUT2D eigenvalue weighted by molar-refractivity contribution is -0.360. The topological polar surface area (TPSA) is 131 Å². The number of aromatic amines is 1. The van der Waals surface area contributed by atoms with E-state index in [4.69, 9.17) is 19.0 Å². The van der Waals surface area contributed by atoms with E-state index < -0.39 is 36.0 Å².